The zero-order valence-corrected chi connectivity index (χ0v) is 14.6. The van der Waals surface area contributed by atoms with E-state index in [2.05, 4.69) is 38.3 Å². The van der Waals surface area contributed by atoms with E-state index in [-0.39, 0.29) is 0 Å². The van der Waals surface area contributed by atoms with Gasteiger partial charge in [-0.3, -0.25) is 0 Å². The average molecular weight is 285 g/mol. The number of nitrogens with one attached hydrogen (secondary N) is 2. The van der Waals surface area contributed by atoms with Crippen LogP contribution in [0.5, 0.6) is 0 Å². The Bertz CT molecular complexity index is 158. The molecular weight excluding hydrogens is 244 g/mol. The second-order valence-corrected chi connectivity index (χ2v) is 6.87. The van der Waals surface area contributed by atoms with Gasteiger partial charge < -0.3 is 10.6 Å². The summed E-state index contributed by atoms with van der Waals surface area (Å²) < 4.78 is 0. The first-order valence-corrected chi connectivity index (χ1v) is 9.07. The lowest BCUT2D eigenvalue weighted by Crippen LogP contribution is -2.27. The number of hydrogen-bond acceptors (Lipinski definition) is 2. The fourth-order valence-corrected chi connectivity index (χ4v) is 2.42. The van der Waals surface area contributed by atoms with Crippen molar-refractivity contribution in [2.45, 2.75) is 91.5 Å². The Morgan fingerprint density at radius 1 is 0.600 bits per heavy atom. The van der Waals surface area contributed by atoms with Gasteiger partial charge >= 0.3 is 0 Å². The molecule has 2 N–H and O–H groups in total. The first-order valence-electron chi connectivity index (χ1n) is 9.07. The Labute approximate surface area is 128 Å². The summed E-state index contributed by atoms with van der Waals surface area (Å²) in [4.78, 5) is 0. The monoisotopic (exact) mass is 284 g/mol. The lowest BCUT2D eigenvalue weighted by atomic mass is 10.0. The summed E-state index contributed by atoms with van der Waals surface area (Å²) in [6, 6.07) is 0.621. The molecule has 2 nitrogen and oxygen atoms in total. The minimum absolute atomic E-state index is 0.621. The van der Waals surface area contributed by atoms with Crippen molar-refractivity contribution in [3.8, 4) is 0 Å². The third kappa shape index (κ3) is 17.9. The average Bonchev–Trinajstić information content (AvgIpc) is 2.38. The Balaban J connectivity index is 2.96. The SMILES string of the molecule is CC(C)CCCCCCCCCNCCCNC(C)C. The van der Waals surface area contributed by atoms with Crippen LogP contribution in [-0.2, 0) is 0 Å². The maximum Gasteiger partial charge on any atom is 0.00103 e. The minimum Gasteiger partial charge on any atom is -0.317 e. The van der Waals surface area contributed by atoms with Gasteiger partial charge in [0.15, 0.2) is 0 Å². The van der Waals surface area contributed by atoms with E-state index in [4.69, 9.17) is 0 Å². The van der Waals surface area contributed by atoms with Gasteiger partial charge in [-0.1, -0.05) is 72.6 Å². The zero-order chi connectivity index (χ0) is 15.1. The van der Waals surface area contributed by atoms with Gasteiger partial charge in [-0.2, -0.15) is 0 Å². The quantitative estimate of drug-likeness (QED) is 0.424. The highest BCUT2D eigenvalue weighted by Crippen LogP contribution is 2.11. The van der Waals surface area contributed by atoms with Gasteiger partial charge in [0.1, 0.15) is 0 Å². The molecule has 0 saturated heterocycles. The molecule has 0 aromatic heterocycles. The predicted octanol–water partition coefficient (Wildman–Crippen LogP) is 4.74. The summed E-state index contributed by atoms with van der Waals surface area (Å²) >= 11 is 0. The van der Waals surface area contributed by atoms with Crippen LogP contribution in [0, 0.1) is 5.92 Å². The highest BCUT2D eigenvalue weighted by Gasteiger charge is 1.95. The van der Waals surface area contributed by atoms with Crippen molar-refractivity contribution in [1.82, 2.24) is 10.6 Å². The first kappa shape index (κ1) is 19.9. The lowest BCUT2D eigenvalue weighted by molar-refractivity contribution is 0.503. The van der Waals surface area contributed by atoms with Crippen molar-refractivity contribution < 1.29 is 0 Å². The minimum atomic E-state index is 0.621. The summed E-state index contributed by atoms with van der Waals surface area (Å²) in [5, 5.41) is 6.99. The second kappa shape index (κ2) is 15.3. The molecule has 0 atom stereocenters. The zero-order valence-electron chi connectivity index (χ0n) is 14.6. The molecule has 2 heteroatoms. The molecule has 0 bridgehead atoms. The third-order valence-electron chi connectivity index (χ3n) is 3.72. The molecule has 0 heterocycles. The Hall–Kier alpha value is -0.0800. The summed E-state index contributed by atoms with van der Waals surface area (Å²) in [5.41, 5.74) is 0. The molecule has 0 saturated carbocycles. The van der Waals surface area contributed by atoms with E-state index in [9.17, 15) is 0 Å². The molecule has 0 aliphatic heterocycles. The van der Waals surface area contributed by atoms with Crippen LogP contribution in [0.25, 0.3) is 0 Å². The Kier molecular flexibility index (Phi) is 15.3. The van der Waals surface area contributed by atoms with Crippen LogP contribution < -0.4 is 10.6 Å². The van der Waals surface area contributed by atoms with Crippen LogP contribution in [0.4, 0.5) is 0 Å². The topological polar surface area (TPSA) is 24.1 Å². The normalized spacial score (nSPS) is 11.7. The van der Waals surface area contributed by atoms with E-state index in [0.29, 0.717) is 6.04 Å². The maximum atomic E-state index is 3.54. The standard InChI is InChI=1S/C18H40N2/c1-17(2)13-10-8-6-5-7-9-11-14-19-15-12-16-20-18(3)4/h17-20H,5-16H2,1-4H3. The van der Waals surface area contributed by atoms with Gasteiger partial charge in [0, 0.05) is 6.04 Å². The van der Waals surface area contributed by atoms with E-state index in [1.807, 2.05) is 0 Å². The van der Waals surface area contributed by atoms with Crippen molar-refractivity contribution in [1.29, 1.82) is 0 Å². The molecule has 0 unspecified atom stereocenters. The summed E-state index contributed by atoms with van der Waals surface area (Å²) in [6.45, 7) is 12.6. The second-order valence-electron chi connectivity index (χ2n) is 6.87. The molecule has 0 fully saturated rings. The number of rotatable bonds is 15. The molecule has 0 amide bonds. The van der Waals surface area contributed by atoms with E-state index in [1.54, 1.807) is 0 Å². The van der Waals surface area contributed by atoms with Gasteiger partial charge in [0.2, 0.25) is 0 Å². The van der Waals surface area contributed by atoms with Gasteiger partial charge in [0.05, 0.1) is 0 Å². The largest absolute Gasteiger partial charge is 0.317 e. The molecule has 0 aliphatic rings. The predicted molar refractivity (Wildman–Crippen MR) is 92.4 cm³/mol. The van der Waals surface area contributed by atoms with E-state index in [0.717, 1.165) is 19.0 Å². The van der Waals surface area contributed by atoms with Crippen molar-refractivity contribution >= 4 is 0 Å². The molecular formula is C18H40N2. The van der Waals surface area contributed by atoms with Gasteiger partial charge in [0.25, 0.3) is 0 Å². The highest BCUT2D eigenvalue weighted by atomic mass is 14.9. The van der Waals surface area contributed by atoms with E-state index < -0.39 is 0 Å². The molecule has 0 radical (unpaired) electrons. The van der Waals surface area contributed by atoms with Gasteiger partial charge in [-0.15, -0.1) is 0 Å². The van der Waals surface area contributed by atoms with Crippen molar-refractivity contribution in [3.05, 3.63) is 0 Å². The van der Waals surface area contributed by atoms with Crippen LogP contribution >= 0.6 is 0 Å². The van der Waals surface area contributed by atoms with Crippen molar-refractivity contribution in [3.63, 3.8) is 0 Å². The van der Waals surface area contributed by atoms with Gasteiger partial charge in [-0.05, 0) is 38.4 Å². The van der Waals surface area contributed by atoms with E-state index >= 15 is 0 Å². The molecule has 0 spiro atoms. The molecule has 20 heavy (non-hydrogen) atoms. The lowest BCUT2D eigenvalue weighted by Gasteiger charge is -2.08. The summed E-state index contributed by atoms with van der Waals surface area (Å²) in [6.07, 6.45) is 12.6. The molecule has 122 valence electrons. The molecule has 0 rings (SSSR count). The Morgan fingerprint density at radius 2 is 1.15 bits per heavy atom. The molecule has 0 aromatic carbocycles. The van der Waals surface area contributed by atoms with Crippen LogP contribution in [0.3, 0.4) is 0 Å². The van der Waals surface area contributed by atoms with Crippen LogP contribution in [0.1, 0.15) is 85.5 Å². The molecule has 0 aromatic rings. The van der Waals surface area contributed by atoms with Gasteiger partial charge in [-0.25, -0.2) is 0 Å². The van der Waals surface area contributed by atoms with Crippen LogP contribution in [0.15, 0.2) is 0 Å². The summed E-state index contributed by atoms with van der Waals surface area (Å²) in [5.74, 6) is 0.886. The fourth-order valence-electron chi connectivity index (χ4n) is 2.42. The fraction of sp³-hybridized carbons (Fsp3) is 1.00. The van der Waals surface area contributed by atoms with Crippen LogP contribution in [-0.4, -0.2) is 25.7 Å². The van der Waals surface area contributed by atoms with Crippen molar-refractivity contribution in [2.75, 3.05) is 19.6 Å². The van der Waals surface area contributed by atoms with Crippen LogP contribution in [0.2, 0.25) is 0 Å². The Morgan fingerprint density at radius 3 is 1.75 bits per heavy atom. The number of unbranched alkanes of at least 4 members (excludes halogenated alkanes) is 6. The number of hydrogen-bond donors (Lipinski definition) is 2. The van der Waals surface area contributed by atoms with Crippen molar-refractivity contribution in [2.24, 2.45) is 5.92 Å². The summed E-state index contributed by atoms with van der Waals surface area (Å²) in [7, 11) is 0. The third-order valence-corrected chi connectivity index (χ3v) is 3.72. The molecule has 0 aliphatic carbocycles. The smallest absolute Gasteiger partial charge is 0.00103 e. The maximum absolute atomic E-state index is 3.54. The highest BCUT2D eigenvalue weighted by molar-refractivity contribution is 4.55. The van der Waals surface area contributed by atoms with E-state index in [1.165, 1.54) is 64.3 Å². The first-order chi connectivity index (χ1) is 9.63.